The van der Waals surface area contributed by atoms with Crippen LogP contribution in [0.4, 0.5) is 5.69 Å². The molecule has 2 aromatic carbocycles. The highest BCUT2D eigenvalue weighted by Gasteiger charge is 2.28. The topological polar surface area (TPSA) is 75.3 Å². The Hall–Kier alpha value is -2.18. The van der Waals surface area contributed by atoms with E-state index in [4.69, 9.17) is 0 Å². The quantitative estimate of drug-likeness (QED) is 0.812. The van der Waals surface area contributed by atoms with E-state index in [0.29, 0.717) is 5.69 Å². The highest BCUT2D eigenvalue weighted by molar-refractivity contribution is 7.89. The summed E-state index contributed by atoms with van der Waals surface area (Å²) < 4.78 is 27.8. The lowest BCUT2D eigenvalue weighted by molar-refractivity contribution is -0.118. The summed E-state index contributed by atoms with van der Waals surface area (Å²) in [6.07, 6.45) is 0. The first-order valence-electron chi connectivity index (χ1n) is 8.57. The predicted molar refractivity (Wildman–Crippen MR) is 105 cm³/mol. The van der Waals surface area contributed by atoms with E-state index < -0.39 is 16.1 Å². The van der Waals surface area contributed by atoms with Crippen LogP contribution in [0.3, 0.4) is 0 Å². The fourth-order valence-electron chi connectivity index (χ4n) is 2.48. The van der Waals surface area contributed by atoms with Crippen LogP contribution >= 0.6 is 0 Å². The van der Waals surface area contributed by atoms with Crippen molar-refractivity contribution in [2.24, 2.45) is 5.92 Å². The van der Waals surface area contributed by atoms with Crippen molar-refractivity contribution in [3.8, 4) is 0 Å². The molecule has 5 nitrogen and oxygen atoms in total. The molecular weight excluding hydrogens is 348 g/mol. The van der Waals surface area contributed by atoms with Crippen LogP contribution in [0.1, 0.15) is 30.5 Å². The number of hydrogen-bond acceptors (Lipinski definition) is 3. The number of nitrogens with one attached hydrogen (secondary N) is 2. The summed E-state index contributed by atoms with van der Waals surface area (Å²) in [5, 5.41) is 2.81. The van der Waals surface area contributed by atoms with Gasteiger partial charge in [-0.3, -0.25) is 4.79 Å². The summed E-state index contributed by atoms with van der Waals surface area (Å²) >= 11 is 0. The van der Waals surface area contributed by atoms with E-state index >= 15 is 0 Å². The number of anilines is 1. The van der Waals surface area contributed by atoms with Crippen molar-refractivity contribution < 1.29 is 13.2 Å². The first kappa shape index (κ1) is 20.1. The molecule has 0 unspecified atom stereocenters. The molecule has 2 rings (SSSR count). The fraction of sp³-hybridized carbons (Fsp3) is 0.350. The molecule has 0 saturated heterocycles. The molecule has 0 aliphatic carbocycles. The average Bonchev–Trinajstić information content (AvgIpc) is 2.56. The highest BCUT2D eigenvalue weighted by atomic mass is 32.2. The second-order valence-corrected chi connectivity index (χ2v) is 8.66. The van der Waals surface area contributed by atoms with Crippen LogP contribution in [-0.2, 0) is 14.8 Å². The van der Waals surface area contributed by atoms with Gasteiger partial charge in [-0.1, -0.05) is 37.6 Å². The van der Waals surface area contributed by atoms with Gasteiger partial charge < -0.3 is 5.32 Å². The van der Waals surface area contributed by atoms with Gasteiger partial charge in [0.25, 0.3) is 0 Å². The lowest BCUT2D eigenvalue weighted by atomic mass is 10.0. The van der Waals surface area contributed by atoms with Gasteiger partial charge in [-0.15, -0.1) is 0 Å². The summed E-state index contributed by atoms with van der Waals surface area (Å²) in [5.74, 6) is -0.583. The molecule has 2 aromatic rings. The first-order chi connectivity index (χ1) is 12.1. The molecule has 0 heterocycles. The second kappa shape index (κ2) is 8.01. The van der Waals surface area contributed by atoms with Gasteiger partial charge in [-0.25, -0.2) is 8.42 Å². The zero-order valence-corrected chi connectivity index (χ0v) is 16.6. The number of carbonyl (C=O) groups is 1. The minimum atomic E-state index is -3.78. The van der Waals surface area contributed by atoms with Gasteiger partial charge in [-0.2, -0.15) is 4.72 Å². The molecule has 2 N–H and O–H groups in total. The maximum atomic E-state index is 12.7. The Labute approximate surface area is 155 Å². The molecular formula is C20H26N2O3S. The monoisotopic (exact) mass is 374 g/mol. The Morgan fingerprint density at radius 2 is 1.54 bits per heavy atom. The van der Waals surface area contributed by atoms with Crippen molar-refractivity contribution in [3.63, 3.8) is 0 Å². The number of carbonyl (C=O) groups excluding carboxylic acids is 1. The third kappa shape index (κ3) is 4.93. The van der Waals surface area contributed by atoms with Crippen LogP contribution in [0.5, 0.6) is 0 Å². The fourth-order valence-corrected chi connectivity index (χ4v) is 3.83. The van der Waals surface area contributed by atoms with E-state index in [1.165, 1.54) is 12.1 Å². The standard InChI is InChI=1S/C20H26N2O3S/c1-13(2)19(20(23)21-17-9-8-15(4)16(5)12-17)22-26(24,25)18-10-6-14(3)7-11-18/h6-13,19,22H,1-5H3,(H,21,23)/t19-/m0/s1. The predicted octanol–water partition coefficient (Wildman–Crippen LogP) is 3.55. The lowest BCUT2D eigenvalue weighted by Crippen LogP contribution is -2.47. The third-order valence-corrected chi connectivity index (χ3v) is 5.79. The van der Waals surface area contributed by atoms with E-state index in [-0.39, 0.29) is 16.7 Å². The third-order valence-electron chi connectivity index (χ3n) is 4.34. The van der Waals surface area contributed by atoms with Crippen molar-refractivity contribution in [1.29, 1.82) is 0 Å². The van der Waals surface area contributed by atoms with E-state index in [1.807, 2.05) is 52.8 Å². The molecule has 0 bridgehead atoms. The van der Waals surface area contributed by atoms with Crippen molar-refractivity contribution >= 4 is 21.6 Å². The molecule has 1 atom stereocenters. The molecule has 1 amide bonds. The van der Waals surface area contributed by atoms with Crippen LogP contribution in [0, 0.1) is 26.7 Å². The smallest absolute Gasteiger partial charge is 0.242 e. The van der Waals surface area contributed by atoms with Crippen molar-refractivity contribution in [2.75, 3.05) is 5.32 Å². The zero-order valence-electron chi connectivity index (χ0n) is 15.8. The van der Waals surface area contributed by atoms with Crippen LogP contribution in [0.2, 0.25) is 0 Å². The van der Waals surface area contributed by atoms with Crippen LogP contribution in [-0.4, -0.2) is 20.4 Å². The second-order valence-electron chi connectivity index (χ2n) is 6.94. The number of aryl methyl sites for hydroxylation is 3. The normalized spacial score (nSPS) is 12.8. The molecule has 0 aromatic heterocycles. The van der Waals surface area contributed by atoms with Crippen LogP contribution < -0.4 is 10.0 Å². The summed E-state index contributed by atoms with van der Waals surface area (Å²) in [6, 6.07) is 11.3. The molecule has 0 fully saturated rings. The Balaban J connectivity index is 2.20. The van der Waals surface area contributed by atoms with E-state index in [9.17, 15) is 13.2 Å². The Kier molecular flexibility index (Phi) is 6.21. The number of sulfonamides is 1. The minimum absolute atomic E-state index is 0.146. The number of hydrogen-bond donors (Lipinski definition) is 2. The maximum Gasteiger partial charge on any atom is 0.242 e. The Morgan fingerprint density at radius 1 is 0.923 bits per heavy atom. The molecule has 6 heteroatoms. The summed E-state index contributed by atoms with van der Waals surface area (Å²) in [5.41, 5.74) is 3.81. The Bertz CT molecular complexity index is 888. The van der Waals surface area contributed by atoms with Crippen molar-refractivity contribution in [3.05, 3.63) is 59.2 Å². The maximum absolute atomic E-state index is 12.7. The zero-order chi connectivity index (χ0) is 19.5. The summed E-state index contributed by atoms with van der Waals surface area (Å²) in [4.78, 5) is 12.8. The summed E-state index contributed by atoms with van der Waals surface area (Å²) in [7, 11) is -3.78. The van der Waals surface area contributed by atoms with E-state index in [0.717, 1.165) is 16.7 Å². The highest BCUT2D eigenvalue weighted by Crippen LogP contribution is 2.17. The molecule has 0 aliphatic rings. The molecule has 0 radical (unpaired) electrons. The van der Waals surface area contributed by atoms with Gasteiger partial charge in [0.2, 0.25) is 15.9 Å². The number of amides is 1. The SMILES string of the molecule is Cc1ccc(S(=O)(=O)N[C@H](C(=O)Nc2ccc(C)c(C)c2)C(C)C)cc1. The number of benzene rings is 2. The van der Waals surface area contributed by atoms with Gasteiger partial charge in [0.15, 0.2) is 0 Å². The Morgan fingerprint density at radius 3 is 2.08 bits per heavy atom. The van der Waals surface area contributed by atoms with Gasteiger partial charge in [0.1, 0.15) is 6.04 Å². The van der Waals surface area contributed by atoms with Gasteiger partial charge in [-0.05, 0) is 62.1 Å². The largest absolute Gasteiger partial charge is 0.325 e. The van der Waals surface area contributed by atoms with E-state index in [1.54, 1.807) is 12.1 Å². The van der Waals surface area contributed by atoms with Gasteiger partial charge in [0, 0.05) is 5.69 Å². The van der Waals surface area contributed by atoms with Gasteiger partial charge in [0.05, 0.1) is 4.90 Å². The van der Waals surface area contributed by atoms with Crippen molar-refractivity contribution in [2.45, 2.75) is 45.6 Å². The van der Waals surface area contributed by atoms with Crippen molar-refractivity contribution in [1.82, 2.24) is 4.72 Å². The van der Waals surface area contributed by atoms with Gasteiger partial charge >= 0.3 is 0 Å². The molecule has 140 valence electrons. The van der Waals surface area contributed by atoms with E-state index in [2.05, 4.69) is 10.0 Å². The van der Waals surface area contributed by atoms with Crippen LogP contribution in [0.15, 0.2) is 47.4 Å². The molecule has 0 spiro atoms. The minimum Gasteiger partial charge on any atom is -0.325 e. The molecule has 0 saturated carbocycles. The average molecular weight is 375 g/mol. The van der Waals surface area contributed by atoms with Crippen LogP contribution in [0.25, 0.3) is 0 Å². The number of rotatable bonds is 6. The lowest BCUT2D eigenvalue weighted by Gasteiger charge is -2.22. The molecule has 26 heavy (non-hydrogen) atoms. The first-order valence-corrected chi connectivity index (χ1v) is 10.1. The molecule has 0 aliphatic heterocycles. The summed E-state index contributed by atoms with van der Waals surface area (Å²) in [6.45, 7) is 9.46.